The minimum atomic E-state index is -1.31. The summed E-state index contributed by atoms with van der Waals surface area (Å²) in [5.41, 5.74) is 9.07. The van der Waals surface area contributed by atoms with Crippen molar-refractivity contribution in [1.29, 1.82) is 0 Å². The maximum atomic E-state index is 13.0. The zero-order valence-corrected chi connectivity index (χ0v) is 20.0. The van der Waals surface area contributed by atoms with Gasteiger partial charge < -0.3 is 21.0 Å². The second-order valence-electron chi connectivity index (χ2n) is 9.03. The molecule has 3 aromatic rings. The van der Waals surface area contributed by atoms with Gasteiger partial charge in [-0.05, 0) is 47.0 Å². The first kappa shape index (κ1) is 24.6. The zero-order chi connectivity index (χ0) is 27.0. The van der Waals surface area contributed by atoms with E-state index in [9.17, 15) is 29.1 Å². The second kappa shape index (κ2) is 9.74. The molecule has 10 heteroatoms. The average Bonchev–Trinajstić information content (AvgIpc) is 3.28. The van der Waals surface area contributed by atoms with Gasteiger partial charge in [0.25, 0.3) is 11.8 Å². The van der Waals surface area contributed by atoms with Crippen LogP contribution < -0.4 is 16.0 Å². The molecule has 4 N–H and O–H groups in total. The number of carboxylic acid groups (broad SMARTS) is 1. The molecule has 3 aromatic carbocycles. The van der Waals surface area contributed by atoms with E-state index in [1.165, 1.54) is 6.07 Å². The van der Waals surface area contributed by atoms with Gasteiger partial charge in [-0.2, -0.15) is 0 Å². The molecule has 2 atom stereocenters. The number of carboxylic acids is 1. The van der Waals surface area contributed by atoms with Crippen LogP contribution in [0.25, 0.3) is 0 Å². The summed E-state index contributed by atoms with van der Waals surface area (Å²) in [5.74, 6) is -3.77. The first-order valence-corrected chi connectivity index (χ1v) is 11.8. The lowest BCUT2D eigenvalue weighted by Gasteiger charge is -2.27. The zero-order valence-electron chi connectivity index (χ0n) is 20.0. The van der Waals surface area contributed by atoms with Gasteiger partial charge >= 0.3 is 5.97 Å². The monoisotopic (exact) mass is 510 g/mol. The lowest BCUT2D eigenvalue weighted by molar-refractivity contribution is -0.141. The van der Waals surface area contributed by atoms with Crippen LogP contribution in [0, 0.1) is 0 Å². The van der Waals surface area contributed by atoms with Gasteiger partial charge in [0, 0.05) is 17.7 Å². The number of carbonyl (C=O) groups is 5. The number of benzene rings is 3. The Hall–Kier alpha value is -5.12. The van der Waals surface area contributed by atoms with Crippen LogP contribution in [0.3, 0.4) is 0 Å². The third kappa shape index (κ3) is 4.43. The normalized spacial score (nSPS) is 16.8. The number of nitrogens with two attached hydrogens (primary N) is 1. The van der Waals surface area contributed by atoms with Crippen molar-refractivity contribution in [2.45, 2.75) is 24.8 Å². The van der Waals surface area contributed by atoms with Gasteiger partial charge in [0.05, 0.1) is 23.7 Å². The molecule has 2 aliphatic heterocycles. The molecule has 10 nitrogen and oxygen atoms in total. The summed E-state index contributed by atoms with van der Waals surface area (Å²) >= 11 is 0. The number of hydrogen-bond donors (Lipinski definition) is 3. The van der Waals surface area contributed by atoms with Crippen LogP contribution in [0.2, 0.25) is 0 Å². The highest BCUT2D eigenvalue weighted by molar-refractivity contribution is 6.45. The van der Waals surface area contributed by atoms with Crippen molar-refractivity contribution in [1.82, 2.24) is 5.32 Å². The van der Waals surface area contributed by atoms with E-state index in [1.807, 2.05) is 0 Å². The van der Waals surface area contributed by atoms with Crippen molar-refractivity contribution in [2.24, 2.45) is 4.99 Å². The number of rotatable bonds is 7. The molecular formula is C28H22N4O6. The van der Waals surface area contributed by atoms with Crippen LogP contribution in [-0.2, 0) is 32.0 Å². The SMILES string of the molecule is Nc1ccc2c(c1)C(=O)N(c1ccc(C[C@H](NC(=O)C3=Nc4ccccc4C3C=O)C(=O)O)cc1)C(=O)C2. The number of fused-ring (bicyclic) bond motifs is 2. The van der Waals surface area contributed by atoms with Gasteiger partial charge in [-0.1, -0.05) is 36.4 Å². The van der Waals surface area contributed by atoms with Gasteiger partial charge in [0.1, 0.15) is 18.0 Å². The number of para-hydroxylation sites is 1. The van der Waals surface area contributed by atoms with Crippen molar-refractivity contribution < 1.29 is 29.1 Å². The maximum absolute atomic E-state index is 13.0. The second-order valence-corrected chi connectivity index (χ2v) is 9.03. The van der Waals surface area contributed by atoms with Crippen LogP contribution in [0.15, 0.2) is 71.7 Å². The van der Waals surface area contributed by atoms with Crippen LogP contribution in [0.4, 0.5) is 17.1 Å². The fraction of sp³-hybridized carbons (Fsp3) is 0.143. The lowest BCUT2D eigenvalue weighted by atomic mass is 9.96. The third-order valence-electron chi connectivity index (χ3n) is 6.57. The van der Waals surface area contributed by atoms with Crippen LogP contribution in [0.1, 0.15) is 33.0 Å². The summed E-state index contributed by atoms with van der Waals surface area (Å²) in [4.78, 5) is 67.5. The molecule has 0 saturated heterocycles. The van der Waals surface area contributed by atoms with Gasteiger partial charge in [0.15, 0.2) is 0 Å². The quantitative estimate of drug-likeness (QED) is 0.249. The van der Waals surface area contributed by atoms with E-state index in [0.717, 1.165) is 4.90 Å². The van der Waals surface area contributed by atoms with E-state index in [4.69, 9.17) is 5.73 Å². The van der Waals surface area contributed by atoms with E-state index >= 15 is 0 Å². The van der Waals surface area contributed by atoms with Crippen LogP contribution in [-0.4, -0.2) is 46.8 Å². The lowest BCUT2D eigenvalue weighted by Crippen LogP contribution is -2.46. The molecule has 0 saturated carbocycles. The molecule has 190 valence electrons. The van der Waals surface area contributed by atoms with Crippen molar-refractivity contribution in [3.63, 3.8) is 0 Å². The van der Waals surface area contributed by atoms with Crippen molar-refractivity contribution in [2.75, 3.05) is 10.6 Å². The molecule has 0 fully saturated rings. The van der Waals surface area contributed by atoms with Gasteiger partial charge in [0.2, 0.25) is 5.91 Å². The number of carbonyl (C=O) groups excluding carboxylic acids is 4. The first-order chi connectivity index (χ1) is 18.3. The Kier molecular flexibility index (Phi) is 6.29. The number of anilines is 2. The summed E-state index contributed by atoms with van der Waals surface area (Å²) in [5, 5.41) is 12.2. The molecule has 0 radical (unpaired) electrons. The highest BCUT2D eigenvalue weighted by Crippen LogP contribution is 2.34. The molecule has 0 aliphatic carbocycles. The Balaban J connectivity index is 1.31. The molecule has 2 heterocycles. The Bertz CT molecular complexity index is 1530. The Morgan fingerprint density at radius 3 is 2.55 bits per heavy atom. The number of imide groups is 1. The topological polar surface area (TPSA) is 159 Å². The van der Waals surface area contributed by atoms with E-state index in [0.29, 0.717) is 45.6 Å². The highest BCUT2D eigenvalue weighted by atomic mass is 16.4. The number of hydrogen-bond acceptors (Lipinski definition) is 7. The molecule has 0 bridgehead atoms. The number of nitrogens with one attached hydrogen (secondary N) is 1. The predicted molar refractivity (Wildman–Crippen MR) is 138 cm³/mol. The molecular weight excluding hydrogens is 488 g/mol. The standard InChI is InChI=1S/C28H22N4O6/c29-17-8-7-16-12-24(34)32(27(36)20(16)13-17)18-9-5-15(6-10-18)11-23(28(37)38)31-26(35)25-21(14-33)19-3-1-2-4-22(19)30-25/h1-10,13-14,21,23H,11-12,29H2,(H,31,35)(H,37,38)/t21?,23-/m0/s1. The van der Waals surface area contributed by atoms with E-state index in [1.54, 1.807) is 60.7 Å². The minimum Gasteiger partial charge on any atom is -0.480 e. The molecule has 38 heavy (non-hydrogen) atoms. The number of nitrogens with zero attached hydrogens (tertiary/aromatic N) is 2. The molecule has 2 aliphatic rings. The number of aliphatic imine (C=N–C) groups is 1. The van der Waals surface area contributed by atoms with E-state index in [2.05, 4.69) is 10.3 Å². The smallest absolute Gasteiger partial charge is 0.326 e. The Labute approximate surface area is 216 Å². The fourth-order valence-corrected chi connectivity index (χ4v) is 4.66. The number of aldehydes is 1. The van der Waals surface area contributed by atoms with Crippen LogP contribution >= 0.6 is 0 Å². The number of nitrogen functional groups attached to an aromatic ring is 1. The molecule has 0 aromatic heterocycles. The van der Waals surface area contributed by atoms with Crippen molar-refractivity contribution in [3.8, 4) is 0 Å². The van der Waals surface area contributed by atoms with Crippen molar-refractivity contribution in [3.05, 3.63) is 89.0 Å². The van der Waals surface area contributed by atoms with Crippen molar-refractivity contribution >= 4 is 52.8 Å². The van der Waals surface area contributed by atoms with Crippen LogP contribution in [0.5, 0.6) is 0 Å². The van der Waals surface area contributed by atoms with Gasteiger partial charge in [-0.15, -0.1) is 0 Å². The summed E-state index contributed by atoms with van der Waals surface area (Å²) in [6, 6.07) is 16.6. The molecule has 1 unspecified atom stereocenters. The average molecular weight is 511 g/mol. The number of amides is 3. The Morgan fingerprint density at radius 1 is 1.11 bits per heavy atom. The molecule has 3 amide bonds. The number of aliphatic carboxylic acids is 1. The first-order valence-electron chi connectivity index (χ1n) is 11.8. The molecule has 5 rings (SSSR count). The largest absolute Gasteiger partial charge is 0.480 e. The summed E-state index contributed by atoms with van der Waals surface area (Å²) in [6.07, 6.45) is 0.578. The molecule has 0 spiro atoms. The maximum Gasteiger partial charge on any atom is 0.326 e. The fourth-order valence-electron chi connectivity index (χ4n) is 4.66. The summed E-state index contributed by atoms with van der Waals surface area (Å²) in [6.45, 7) is 0. The highest BCUT2D eigenvalue weighted by Gasteiger charge is 2.34. The van der Waals surface area contributed by atoms with Gasteiger partial charge in [-0.25, -0.2) is 14.7 Å². The van der Waals surface area contributed by atoms with E-state index in [-0.39, 0.29) is 18.6 Å². The minimum absolute atomic E-state index is 0.0474. The predicted octanol–water partition coefficient (Wildman–Crippen LogP) is 2.18. The summed E-state index contributed by atoms with van der Waals surface area (Å²) < 4.78 is 0. The van der Waals surface area contributed by atoms with Gasteiger partial charge in [-0.3, -0.25) is 14.4 Å². The third-order valence-corrected chi connectivity index (χ3v) is 6.57. The van der Waals surface area contributed by atoms with E-state index < -0.39 is 35.7 Å². The Morgan fingerprint density at radius 2 is 1.84 bits per heavy atom. The summed E-state index contributed by atoms with van der Waals surface area (Å²) in [7, 11) is 0.